The topological polar surface area (TPSA) is 75.7 Å². The van der Waals surface area contributed by atoms with Crippen molar-refractivity contribution in [1.82, 2.24) is 0 Å². The number of rotatable bonds is 6. The Kier molecular flexibility index (Phi) is 5.46. The molecule has 0 radical (unpaired) electrons. The minimum absolute atomic E-state index is 0.0365. The van der Waals surface area contributed by atoms with Crippen LogP contribution in [0.1, 0.15) is 18.9 Å². The number of ether oxygens (including phenoxy) is 1. The second kappa shape index (κ2) is 8.20. The van der Waals surface area contributed by atoms with Gasteiger partial charge in [-0.25, -0.2) is 8.42 Å². The van der Waals surface area contributed by atoms with Gasteiger partial charge in [-0.2, -0.15) is 0 Å². The molecule has 0 bridgehead atoms. The Morgan fingerprint density at radius 1 is 1.03 bits per heavy atom. The maximum atomic E-state index is 13.0. The highest BCUT2D eigenvalue weighted by atomic mass is 32.2. The molecule has 30 heavy (non-hydrogen) atoms. The summed E-state index contributed by atoms with van der Waals surface area (Å²) in [4.78, 5) is 13.9. The van der Waals surface area contributed by atoms with E-state index in [4.69, 9.17) is 4.74 Å². The molecule has 1 amide bonds. The van der Waals surface area contributed by atoms with Crippen LogP contribution in [0.5, 0.6) is 11.5 Å². The van der Waals surface area contributed by atoms with E-state index in [0.717, 1.165) is 11.3 Å². The van der Waals surface area contributed by atoms with Crippen LogP contribution in [0.15, 0.2) is 77.7 Å². The quantitative estimate of drug-likeness (QED) is 0.631. The largest absolute Gasteiger partial charge is 0.455 e. The van der Waals surface area contributed by atoms with E-state index in [1.54, 1.807) is 53.4 Å². The molecule has 0 saturated carbocycles. The van der Waals surface area contributed by atoms with Gasteiger partial charge in [0.1, 0.15) is 5.75 Å². The summed E-state index contributed by atoms with van der Waals surface area (Å²) in [5.41, 5.74) is 1.99. The second-order valence-corrected chi connectivity index (χ2v) is 8.64. The van der Waals surface area contributed by atoms with Gasteiger partial charge >= 0.3 is 0 Å². The highest BCUT2D eigenvalue weighted by Crippen LogP contribution is 2.33. The predicted octanol–water partition coefficient (Wildman–Crippen LogP) is 4.58. The monoisotopic (exact) mass is 422 g/mol. The molecule has 4 rings (SSSR count). The number of sulfonamides is 1. The zero-order valence-electron chi connectivity index (χ0n) is 16.5. The maximum Gasteiger partial charge on any atom is 0.262 e. The number of nitrogens with one attached hydrogen (secondary N) is 1. The molecule has 0 unspecified atom stereocenters. The second-order valence-electron chi connectivity index (χ2n) is 6.96. The number of para-hydroxylation sites is 3. The summed E-state index contributed by atoms with van der Waals surface area (Å²) >= 11 is 0. The van der Waals surface area contributed by atoms with Gasteiger partial charge in [-0.1, -0.05) is 37.3 Å². The Bertz CT molecular complexity index is 1180. The summed E-state index contributed by atoms with van der Waals surface area (Å²) in [5, 5.41) is 0. The minimum atomic E-state index is -3.83. The van der Waals surface area contributed by atoms with Crippen molar-refractivity contribution in [1.29, 1.82) is 0 Å². The Balaban J connectivity index is 1.60. The van der Waals surface area contributed by atoms with Crippen LogP contribution in [0.2, 0.25) is 0 Å². The molecule has 0 spiro atoms. The Morgan fingerprint density at radius 2 is 1.77 bits per heavy atom. The van der Waals surface area contributed by atoms with Crippen molar-refractivity contribution < 1.29 is 17.9 Å². The molecule has 0 saturated heterocycles. The molecule has 0 aliphatic carbocycles. The third-order valence-electron chi connectivity index (χ3n) is 4.96. The SMILES string of the molecule is CCC(=O)N1CCc2cc(S(=O)(=O)Nc3ccccc3Oc3ccccc3)ccc21. The highest BCUT2D eigenvalue weighted by molar-refractivity contribution is 7.92. The van der Waals surface area contributed by atoms with Crippen LogP contribution in [-0.4, -0.2) is 20.9 Å². The number of carbonyl (C=O) groups is 1. The highest BCUT2D eigenvalue weighted by Gasteiger charge is 2.26. The van der Waals surface area contributed by atoms with Crippen molar-refractivity contribution in [3.05, 3.63) is 78.4 Å². The molecule has 1 heterocycles. The van der Waals surface area contributed by atoms with Crippen molar-refractivity contribution in [2.75, 3.05) is 16.2 Å². The van der Waals surface area contributed by atoms with E-state index in [9.17, 15) is 13.2 Å². The van der Waals surface area contributed by atoms with Crippen LogP contribution < -0.4 is 14.4 Å². The molecule has 1 aliphatic heterocycles. The van der Waals surface area contributed by atoms with Gasteiger partial charge in [0.2, 0.25) is 5.91 Å². The molecule has 154 valence electrons. The van der Waals surface area contributed by atoms with Crippen molar-refractivity contribution >= 4 is 27.3 Å². The molecule has 6 nitrogen and oxygen atoms in total. The van der Waals surface area contributed by atoms with Gasteiger partial charge in [-0.3, -0.25) is 9.52 Å². The summed E-state index contributed by atoms with van der Waals surface area (Å²) in [7, 11) is -3.83. The van der Waals surface area contributed by atoms with Crippen LogP contribution >= 0.6 is 0 Å². The van der Waals surface area contributed by atoms with E-state index < -0.39 is 10.0 Å². The summed E-state index contributed by atoms with van der Waals surface area (Å²) in [5.74, 6) is 1.06. The predicted molar refractivity (Wildman–Crippen MR) is 117 cm³/mol. The number of carbonyl (C=O) groups excluding carboxylic acids is 1. The van der Waals surface area contributed by atoms with E-state index in [2.05, 4.69) is 4.72 Å². The van der Waals surface area contributed by atoms with Crippen molar-refractivity contribution in [3.8, 4) is 11.5 Å². The lowest BCUT2D eigenvalue weighted by Gasteiger charge is -2.17. The summed E-state index contributed by atoms with van der Waals surface area (Å²) in [6.45, 7) is 2.39. The molecule has 1 aliphatic rings. The molecule has 3 aromatic rings. The smallest absolute Gasteiger partial charge is 0.262 e. The molecule has 7 heteroatoms. The van der Waals surface area contributed by atoms with Gasteiger partial charge in [-0.05, 0) is 54.4 Å². The van der Waals surface area contributed by atoms with Crippen molar-refractivity contribution in [2.45, 2.75) is 24.7 Å². The van der Waals surface area contributed by atoms with Gasteiger partial charge in [-0.15, -0.1) is 0 Å². The van der Waals surface area contributed by atoms with Crippen LogP contribution in [-0.2, 0) is 21.2 Å². The standard InChI is InChI=1S/C23H22N2O4S/c1-2-23(26)25-15-14-17-16-19(12-13-21(17)25)30(27,28)24-20-10-6-7-11-22(20)29-18-8-4-3-5-9-18/h3-13,16,24H,2,14-15H2,1H3. The van der Waals surface area contributed by atoms with Gasteiger partial charge in [0.15, 0.2) is 5.75 Å². The van der Waals surface area contributed by atoms with Crippen LogP contribution in [0.4, 0.5) is 11.4 Å². The number of hydrogen-bond donors (Lipinski definition) is 1. The Hall–Kier alpha value is -3.32. The number of amides is 1. The van der Waals surface area contributed by atoms with E-state index in [1.165, 1.54) is 6.07 Å². The van der Waals surface area contributed by atoms with Crippen LogP contribution in [0, 0.1) is 0 Å². The number of anilines is 2. The Morgan fingerprint density at radius 3 is 2.53 bits per heavy atom. The lowest BCUT2D eigenvalue weighted by molar-refractivity contribution is -0.118. The summed E-state index contributed by atoms with van der Waals surface area (Å²) in [6, 6.07) is 20.9. The average Bonchev–Trinajstić information content (AvgIpc) is 3.18. The normalized spacial score (nSPS) is 13.0. The third kappa shape index (κ3) is 4.02. The molecule has 3 aromatic carbocycles. The molecule has 0 aromatic heterocycles. The fraction of sp³-hybridized carbons (Fsp3) is 0.174. The number of benzene rings is 3. The first-order valence-corrected chi connectivity index (χ1v) is 11.2. The van der Waals surface area contributed by atoms with Gasteiger partial charge in [0.05, 0.1) is 10.6 Å². The minimum Gasteiger partial charge on any atom is -0.455 e. The van der Waals surface area contributed by atoms with Gasteiger partial charge in [0, 0.05) is 18.7 Å². The van der Waals surface area contributed by atoms with Crippen LogP contribution in [0.25, 0.3) is 0 Å². The first kappa shape index (κ1) is 20.0. The van der Waals surface area contributed by atoms with E-state index in [-0.39, 0.29) is 10.8 Å². The number of fused-ring (bicyclic) bond motifs is 1. The van der Waals surface area contributed by atoms with Crippen LogP contribution in [0.3, 0.4) is 0 Å². The van der Waals surface area contributed by atoms with Gasteiger partial charge < -0.3 is 9.64 Å². The van der Waals surface area contributed by atoms with Crippen molar-refractivity contribution in [3.63, 3.8) is 0 Å². The molecule has 0 atom stereocenters. The fourth-order valence-electron chi connectivity index (χ4n) is 3.45. The molecule has 1 N–H and O–H groups in total. The lowest BCUT2D eigenvalue weighted by Crippen LogP contribution is -2.27. The molecule has 0 fully saturated rings. The van der Waals surface area contributed by atoms with Crippen molar-refractivity contribution in [2.24, 2.45) is 0 Å². The third-order valence-corrected chi connectivity index (χ3v) is 6.33. The molecular weight excluding hydrogens is 400 g/mol. The Labute approximate surface area is 176 Å². The van der Waals surface area contributed by atoms with E-state index in [1.807, 2.05) is 25.1 Å². The van der Waals surface area contributed by atoms with Gasteiger partial charge in [0.25, 0.3) is 10.0 Å². The number of nitrogens with zero attached hydrogens (tertiary/aromatic N) is 1. The first-order valence-electron chi connectivity index (χ1n) is 9.76. The van der Waals surface area contributed by atoms with E-state index >= 15 is 0 Å². The first-order chi connectivity index (χ1) is 14.5. The number of hydrogen-bond acceptors (Lipinski definition) is 4. The summed E-state index contributed by atoms with van der Waals surface area (Å²) < 4.78 is 34.5. The lowest BCUT2D eigenvalue weighted by atomic mass is 10.2. The zero-order valence-corrected chi connectivity index (χ0v) is 17.4. The average molecular weight is 423 g/mol. The maximum absolute atomic E-state index is 13.0. The zero-order chi connectivity index (χ0) is 21.1. The summed E-state index contributed by atoms with van der Waals surface area (Å²) in [6.07, 6.45) is 1.05. The van der Waals surface area contributed by atoms with E-state index in [0.29, 0.717) is 36.6 Å². The fourth-order valence-corrected chi connectivity index (χ4v) is 4.57. The molecular formula is C23H22N2O4S.